The van der Waals surface area contributed by atoms with Crippen LogP contribution in [0.3, 0.4) is 0 Å². The summed E-state index contributed by atoms with van der Waals surface area (Å²) < 4.78 is 5.66. The molecule has 0 aliphatic carbocycles. The van der Waals surface area contributed by atoms with Gasteiger partial charge in [0.2, 0.25) is 5.89 Å². The van der Waals surface area contributed by atoms with E-state index >= 15 is 0 Å². The molecule has 5 nitrogen and oxygen atoms in total. The third-order valence-electron chi connectivity index (χ3n) is 2.68. The van der Waals surface area contributed by atoms with Gasteiger partial charge in [0, 0.05) is 18.8 Å². The normalized spacial score (nSPS) is 14.6. The van der Waals surface area contributed by atoms with Gasteiger partial charge in [-0.2, -0.15) is 11.8 Å². The molecule has 0 spiro atoms. The highest BCUT2D eigenvalue weighted by atomic mass is 32.2. The van der Waals surface area contributed by atoms with Gasteiger partial charge in [-0.05, 0) is 26.6 Å². The van der Waals surface area contributed by atoms with E-state index in [-0.39, 0.29) is 6.04 Å². The predicted octanol–water partition coefficient (Wildman–Crippen LogP) is 1.93. The van der Waals surface area contributed by atoms with Gasteiger partial charge >= 0.3 is 6.01 Å². The Hall–Kier alpha value is -0.750. The molecule has 0 bridgehead atoms. The van der Waals surface area contributed by atoms with Crippen molar-refractivity contribution in [1.82, 2.24) is 15.5 Å². The van der Waals surface area contributed by atoms with E-state index in [1.54, 1.807) is 0 Å². The smallest absolute Gasteiger partial charge is 0.318 e. The van der Waals surface area contributed by atoms with Gasteiger partial charge in [0.05, 0.1) is 6.04 Å². The molecule has 0 radical (unpaired) electrons. The Morgan fingerprint density at radius 3 is 2.71 bits per heavy atom. The maximum Gasteiger partial charge on any atom is 0.318 e. The number of hydrogen-bond acceptors (Lipinski definition) is 6. The Morgan fingerprint density at radius 1 is 1.41 bits per heavy atom. The maximum atomic E-state index is 5.66. The van der Waals surface area contributed by atoms with Crippen LogP contribution >= 0.6 is 11.8 Å². The molecule has 1 aromatic heterocycles. The summed E-state index contributed by atoms with van der Waals surface area (Å²) in [6, 6.07) is 1.07. The minimum Gasteiger partial charge on any atom is -0.406 e. The number of hydrogen-bond donors (Lipinski definition) is 1. The van der Waals surface area contributed by atoms with Crippen LogP contribution in [0.1, 0.15) is 32.7 Å². The van der Waals surface area contributed by atoms with Crippen molar-refractivity contribution < 1.29 is 4.42 Å². The molecule has 1 N–H and O–H groups in total. The van der Waals surface area contributed by atoms with Gasteiger partial charge in [0.1, 0.15) is 0 Å². The lowest BCUT2D eigenvalue weighted by atomic mass is 10.3. The zero-order valence-corrected chi connectivity index (χ0v) is 12.0. The van der Waals surface area contributed by atoms with Crippen molar-refractivity contribution in [3.05, 3.63) is 5.89 Å². The standard InChI is InChI=1S/C11H22N4OS/c1-6-12-9(3)10-13-14-11(16-10)15(4)8(2)7-17-5/h8-9,12H,6-7H2,1-5H3. The molecule has 0 aromatic carbocycles. The third kappa shape index (κ3) is 3.89. The lowest BCUT2D eigenvalue weighted by Crippen LogP contribution is -2.31. The summed E-state index contributed by atoms with van der Waals surface area (Å²) in [6.45, 7) is 7.11. The SMILES string of the molecule is CCNC(C)c1nnc(N(C)C(C)CSC)o1. The fourth-order valence-corrected chi connectivity index (χ4v) is 2.18. The molecule has 0 saturated carbocycles. The van der Waals surface area contributed by atoms with Crippen molar-refractivity contribution in [3.8, 4) is 0 Å². The molecule has 0 saturated heterocycles. The van der Waals surface area contributed by atoms with Crippen molar-refractivity contribution in [2.45, 2.75) is 32.9 Å². The molecule has 1 rings (SSSR count). The average molecular weight is 258 g/mol. The van der Waals surface area contributed by atoms with E-state index < -0.39 is 0 Å². The first kappa shape index (κ1) is 14.3. The molecule has 1 heterocycles. The van der Waals surface area contributed by atoms with Gasteiger partial charge in [-0.3, -0.25) is 0 Å². The molecular weight excluding hydrogens is 236 g/mol. The van der Waals surface area contributed by atoms with Crippen LogP contribution < -0.4 is 10.2 Å². The number of nitrogens with one attached hydrogen (secondary N) is 1. The predicted molar refractivity (Wildman–Crippen MR) is 72.6 cm³/mol. The van der Waals surface area contributed by atoms with E-state index in [4.69, 9.17) is 4.42 Å². The van der Waals surface area contributed by atoms with Gasteiger partial charge < -0.3 is 14.6 Å². The molecule has 2 unspecified atom stereocenters. The van der Waals surface area contributed by atoms with E-state index in [2.05, 4.69) is 35.6 Å². The van der Waals surface area contributed by atoms with Crippen molar-refractivity contribution in [2.75, 3.05) is 30.5 Å². The number of nitrogens with zero attached hydrogens (tertiary/aromatic N) is 3. The van der Waals surface area contributed by atoms with Crippen molar-refractivity contribution >= 4 is 17.8 Å². The highest BCUT2D eigenvalue weighted by Crippen LogP contribution is 2.18. The second-order valence-electron chi connectivity index (χ2n) is 4.12. The van der Waals surface area contributed by atoms with Crippen LogP contribution in [-0.2, 0) is 0 Å². The quantitative estimate of drug-likeness (QED) is 0.806. The average Bonchev–Trinajstić information content (AvgIpc) is 2.78. The highest BCUT2D eigenvalue weighted by molar-refractivity contribution is 7.98. The van der Waals surface area contributed by atoms with Crippen LogP contribution in [-0.4, -0.2) is 41.8 Å². The minimum absolute atomic E-state index is 0.102. The van der Waals surface area contributed by atoms with E-state index in [1.807, 2.05) is 30.6 Å². The summed E-state index contributed by atoms with van der Waals surface area (Å²) in [7, 11) is 1.98. The first-order valence-corrected chi connectivity index (χ1v) is 7.28. The summed E-state index contributed by atoms with van der Waals surface area (Å²) >= 11 is 1.81. The Morgan fingerprint density at radius 2 is 2.12 bits per heavy atom. The van der Waals surface area contributed by atoms with Crippen LogP contribution in [0.15, 0.2) is 4.42 Å². The molecule has 2 atom stereocenters. The number of anilines is 1. The van der Waals surface area contributed by atoms with Crippen LogP contribution in [0.2, 0.25) is 0 Å². The molecule has 6 heteroatoms. The second kappa shape index (κ2) is 6.86. The first-order valence-electron chi connectivity index (χ1n) is 5.88. The van der Waals surface area contributed by atoms with Gasteiger partial charge in [-0.25, -0.2) is 0 Å². The molecular formula is C11H22N4OS. The maximum absolute atomic E-state index is 5.66. The van der Waals surface area contributed by atoms with Gasteiger partial charge in [-0.15, -0.1) is 5.10 Å². The highest BCUT2D eigenvalue weighted by Gasteiger charge is 2.18. The lowest BCUT2D eigenvalue weighted by Gasteiger charge is -2.21. The van der Waals surface area contributed by atoms with E-state index in [0.29, 0.717) is 17.9 Å². The molecule has 0 amide bonds. The van der Waals surface area contributed by atoms with Crippen LogP contribution in [0, 0.1) is 0 Å². The van der Waals surface area contributed by atoms with E-state index in [0.717, 1.165) is 12.3 Å². The number of thioether (sulfide) groups is 1. The Kier molecular flexibility index (Phi) is 5.77. The molecule has 1 aromatic rings. The Labute approximate surface area is 107 Å². The first-order chi connectivity index (χ1) is 8.10. The van der Waals surface area contributed by atoms with Crippen LogP contribution in [0.5, 0.6) is 0 Å². The van der Waals surface area contributed by atoms with Gasteiger partial charge in [0.25, 0.3) is 0 Å². The molecule has 17 heavy (non-hydrogen) atoms. The topological polar surface area (TPSA) is 54.2 Å². The summed E-state index contributed by atoms with van der Waals surface area (Å²) in [5, 5.41) is 11.4. The second-order valence-corrected chi connectivity index (χ2v) is 5.03. The largest absolute Gasteiger partial charge is 0.406 e. The van der Waals surface area contributed by atoms with Crippen molar-refractivity contribution in [2.24, 2.45) is 0 Å². The van der Waals surface area contributed by atoms with Crippen LogP contribution in [0.25, 0.3) is 0 Å². The summed E-state index contributed by atoms with van der Waals surface area (Å²) in [4.78, 5) is 2.02. The summed E-state index contributed by atoms with van der Waals surface area (Å²) in [5.74, 6) is 1.68. The van der Waals surface area contributed by atoms with E-state index in [9.17, 15) is 0 Å². The zero-order valence-electron chi connectivity index (χ0n) is 11.2. The van der Waals surface area contributed by atoms with Gasteiger partial charge in [0.15, 0.2) is 0 Å². The zero-order chi connectivity index (χ0) is 12.8. The summed E-state index contributed by atoms with van der Waals surface area (Å²) in [6.07, 6.45) is 2.09. The number of rotatable bonds is 7. The van der Waals surface area contributed by atoms with Crippen molar-refractivity contribution in [3.63, 3.8) is 0 Å². The van der Waals surface area contributed by atoms with E-state index in [1.165, 1.54) is 0 Å². The molecule has 0 aliphatic heterocycles. The van der Waals surface area contributed by atoms with Crippen LogP contribution in [0.4, 0.5) is 6.01 Å². The minimum atomic E-state index is 0.102. The Balaban J connectivity index is 2.66. The third-order valence-corrected chi connectivity index (χ3v) is 3.50. The Bertz CT molecular complexity index is 331. The molecule has 98 valence electrons. The monoisotopic (exact) mass is 258 g/mol. The lowest BCUT2D eigenvalue weighted by molar-refractivity contribution is 0.418. The van der Waals surface area contributed by atoms with Gasteiger partial charge in [-0.1, -0.05) is 12.0 Å². The molecule has 0 aliphatic rings. The molecule has 0 fully saturated rings. The van der Waals surface area contributed by atoms with Crippen molar-refractivity contribution in [1.29, 1.82) is 0 Å². The summed E-state index contributed by atoms with van der Waals surface area (Å²) in [5.41, 5.74) is 0. The fourth-order valence-electron chi connectivity index (χ4n) is 1.48. The fraction of sp³-hybridized carbons (Fsp3) is 0.818. The number of aromatic nitrogens is 2.